The van der Waals surface area contributed by atoms with Crippen molar-refractivity contribution in [1.29, 1.82) is 0 Å². The molecule has 0 aliphatic heterocycles. The average molecular weight is 209 g/mol. The predicted octanol–water partition coefficient (Wildman–Crippen LogP) is -0.0669. The van der Waals surface area contributed by atoms with Gasteiger partial charge in [0.1, 0.15) is 5.82 Å². The topological polar surface area (TPSA) is 58.3 Å². The normalized spacial score (nSPS) is 10.7. The number of rotatable bonds is 5. The summed E-state index contributed by atoms with van der Waals surface area (Å²) in [4.78, 5) is 12.7. The van der Waals surface area contributed by atoms with Gasteiger partial charge in [-0.05, 0) is 14.1 Å². The van der Waals surface area contributed by atoms with Gasteiger partial charge in [-0.3, -0.25) is 4.98 Å². The molecule has 0 fully saturated rings. The largest absolute Gasteiger partial charge is 0.357 e. The van der Waals surface area contributed by atoms with Gasteiger partial charge in [-0.25, -0.2) is 4.98 Å². The highest BCUT2D eigenvalue weighted by atomic mass is 15.2. The number of likely N-dealkylation sites (N-methyl/N-ethyl adjacent to an activating group) is 2. The van der Waals surface area contributed by atoms with Crippen LogP contribution in [0.4, 0.5) is 5.82 Å². The van der Waals surface area contributed by atoms with Gasteiger partial charge >= 0.3 is 0 Å². The highest BCUT2D eigenvalue weighted by molar-refractivity contribution is 5.34. The van der Waals surface area contributed by atoms with E-state index in [0.717, 1.165) is 24.6 Å². The molecule has 0 spiro atoms. The highest BCUT2D eigenvalue weighted by Gasteiger charge is 2.03. The molecule has 0 radical (unpaired) electrons. The fraction of sp³-hybridized carbons (Fsp3) is 0.600. The number of aromatic nitrogens is 2. The predicted molar refractivity (Wildman–Crippen MR) is 61.7 cm³/mol. The molecule has 15 heavy (non-hydrogen) atoms. The maximum absolute atomic E-state index is 5.45. The molecule has 0 aromatic carbocycles. The molecule has 1 aromatic rings. The van der Waals surface area contributed by atoms with Crippen LogP contribution in [-0.2, 0) is 6.54 Å². The minimum atomic E-state index is 0.439. The lowest BCUT2D eigenvalue weighted by molar-refractivity contribution is 0.416. The number of hydrogen-bond acceptors (Lipinski definition) is 5. The summed E-state index contributed by atoms with van der Waals surface area (Å²) in [5, 5.41) is 0. The first-order chi connectivity index (χ1) is 7.13. The molecule has 84 valence electrons. The molecule has 0 atom stereocenters. The van der Waals surface area contributed by atoms with E-state index in [4.69, 9.17) is 5.73 Å². The molecule has 0 unspecified atom stereocenters. The van der Waals surface area contributed by atoms with E-state index in [1.54, 1.807) is 12.4 Å². The van der Waals surface area contributed by atoms with Gasteiger partial charge < -0.3 is 15.5 Å². The minimum absolute atomic E-state index is 0.439. The zero-order valence-electron chi connectivity index (χ0n) is 9.64. The Morgan fingerprint density at radius 2 is 1.87 bits per heavy atom. The quantitative estimate of drug-likeness (QED) is 0.736. The summed E-state index contributed by atoms with van der Waals surface area (Å²) in [7, 11) is 6.11. The van der Waals surface area contributed by atoms with Crippen molar-refractivity contribution in [3.05, 3.63) is 18.1 Å². The molecule has 0 saturated heterocycles. The minimum Gasteiger partial charge on any atom is -0.357 e. The summed E-state index contributed by atoms with van der Waals surface area (Å²) in [6.07, 6.45) is 3.49. The average Bonchev–Trinajstić information content (AvgIpc) is 2.26. The maximum Gasteiger partial charge on any atom is 0.146 e. The Bertz CT molecular complexity index is 282. The van der Waals surface area contributed by atoms with Gasteiger partial charge in [0.05, 0.1) is 18.1 Å². The van der Waals surface area contributed by atoms with Crippen LogP contribution < -0.4 is 10.6 Å². The summed E-state index contributed by atoms with van der Waals surface area (Å²) in [5.74, 6) is 0.883. The Labute approximate surface area is 90.9 Å². The van der Waals surface area contributed by atoms with Crippen molar-refractivity contribution in [3.63, 3.8) is 0 Å². The second kappa shape index (κ2) is 5.63. The molecule has 5 heteroatoms. The van der Waals surface area contributed by atoms with E-state index in [9.17, 15) is 0 Å². The van der Waals surface area contributed by atoms with Crippen molar-refractivity contribution in [2.75, 3.05) is 39.1 Å². The molecule has 1 heterocycles. The zero-order valence-corrected chi connectivity index (χ0v) is 9.64. The molecule has 2 N–H and O–H groups in total. The smallest absolute Gasteiger partial charge is 0.146 e. The van der Waals surface area contributed by atoms with Crippen LogP contribution in [0.1, 0.15) is 5.69 Å². The maximum atomic E-state index is 5.45. The molecule has 0 aliphatic carbocycles. The highest BCUT2D eigenvalue weighted by Crippen LogP contribution is 2.05. The van der Waals surface area contributed by atoms with Crippen LogP contribution in [0.15, 0.2) is 12.4 Å². The SMILES string of the molecule is CN(C)CCN(C)c1cnc(CN)cn1. The molecule has 0 saturated carbocycles. The van der Waals surface area contributed by atoms with Crippen molar-refractivity contribution in [1.82, 2.24) is 14.9 Å². The van der Waals surface area contributed by atoms with Gasteiger partial charge in [0.15, 0.2) is 0 Å². The summed E-state index contributed by atoms with van der Waals surface area (Å²) in [6, 6.07) is 0. The Morgan fingerprint density at radius 3 is 2.33 bits per heavy atom. The molecular weight excluding hydrogens is 190 g/mol. The second-order valence-corrected chi connectivity index (χ2v) is 3.79. The second-order valence-electron chi connectivity index (χ2n) is 3.79. The number of nitrogens with zero attached hydrogens (tertiary/aromatic N) is 4. The fourth-order valence-electron chi connectivity index (χ4n) is 1.12. The molecule has 0 amide bonds. The van der Waals surface area contributed by atoms with Crippen molar-refractivity contribution in [3.8, 4) is 0 Å². The van der Waals surface area contributed by atoms with Crippen molar-refractivity contribution >= 4 is 5.82 Å². The zero-order chi connectivity index (χ0) is 11.3. The van der Waals surface area contributed by atoms with Crippen LogP contribution in [0, 0.1) is 0 Å². The van der Waals surface area contributed by atoms with Crippen LogP contribution in [0.5, 0.6) is 0 Å². The number of nitrogens with two attached hydrogens (primary N) is 1. The summed E-state index contributed by atoms with van der Waals surface area (Å²) in [5.41, 5.74) is 6.27. The van der Waals surface area contributed by atoms with Crippen LogP contribution in [0.25, 0.3) is 0 Å². The van der Waals surface area contributed by atoms with Crippen LogP contribution in [0.2, 0.25) is 0 Å². The summed E-state index contributed by atoms with van der Waals surface area (Å²) >= 11 is 0. The van der Waals surface area contributed by atoms with Gasteiger partial charge in [0.25, 0.3) is 0 Å². The number of hydrogen-bond donors (Lipinski definition) is 1. The molecule has 1 aromatic heterocycles. The molecular formula is C10H19N5. The lowest BCUT2D eigenvalue weighted by Gasteiger charge is -2.20. The van der Waals surface area contributed by atoms with Crippen LogP contribution >= 0.6 is 0 Å². The summed E-state index contributed by atoms with van der Waals surface area (Å²) in [6.45, 7) is 2.37. The molecule has 0 bridgehead atoms. The van der Waals surface area contributed by atoms with Gasteiger partial charge in [-0.15, -0.1) is 0 Å². The molecule has 0 aliphatic rings. The Balaban J connectivity index is 2.54. The third kappa shape index (κ3) is 3.81. The molecule has 1 rings (SSSR count). The van der Waals surface area contributed by atoms with E-state index in [2.05, 4.69) is 33.9 Å². The summed E-state index contributed by atoms with van der Waals surface area (Å²) < 4.78 is 0. The van der Waals surface area contributed by atoms with Gasteiger partial charge in [0.2, 0.25) is 0 Å². The lowest BCUT2D eigenvalue weighted by Crippen LogP contribution is -2.29. The van der Waals surface area contributed by atoms with E-state index < -0.39 is 0 Å². The fourth-order valence-corrected chi connectivity index (χ4v) is 1.12. The van der Waals surface area contributed by atoms with E-state index in [1.807, 2.05) is 7.05 Å². The first-order valence-electron chi connectivity index (χ1n) is 5.00. The van der Waals surface area contributed by atoms with Gasteiger partial charge in [0, 0.05) is 26.7 Å². The molecule has 5 nitrogen and oxygen atoms in total. The van der Waals surface area contributed by atoms with E-state index >= 15 is 0 Å². The van der Waals surface area contributed by atoms with E-state index in [0.29, 0.717) is 6.54 Å². The van der Waals surface area contributed by atoms with Gasteiger partial charge in [-0.2, -0.15) is 0 Å². The first-order valence-corrected chi connectivity index (χ1v) is 5.00. The number of anilines is 1. The standard InChI is InChI=1S/C10H19N5/c1-14(2)4-5-15(3)10-8-12-9(6-11)7-13-10/h7-8H,4-6,11H2,1-3H3. The third-order valence-electron chi connectivity index (χ3n) is 2.17. The van der Waals surface area contributed by atoms with E-state index in [1.165, 1.54) is 0 Å². The van der Waals surface area contributed by atoms with Crippen molar-refractivity contribution in [2.45, 2.75) is 6.54 Å². The van der Waals surface area contributed by atoms with Crippen molar-refractivity contribution < 1.29 is 0 Å². The first kappa shape index (κ1) is 11.9. The van der Waals surface area contributed by atoms with Crippen LogP contribution in [0.3, 0.4) is 0 Å². The Hall–Kier alpha value is -1.20. The third-order valence-corrected chi connectivity index (χ3v) is 2.17. The monoisotopic (exact) mass is 209 g/mol. The van der Waals surface area contributed by atoms with Crippen LogP contribution in [-0.4, -0.2) is 49.1 Å². The Morgan fingerprint density at radius 1 is 1.13 bits per heavy atom. The lowest BCUT2D eigenvalue weighted by atomic mass is 10.4. The van der Waals surface area contributed by atoms with E-state index in [-0.39, 0.29) is 0 Å². The van der Waals surface area contributed by atoms with Gasteiger partial charge in [-0.1, -0.05) is 0 Å². The Kier molecular flexibility index (Phi) is 4.45. The van der Waals surface area contributed by atoms with Crippen molar-refractivity contribution in [2.24, 2.45) is 5.73 Å².